The molecule has 1 aromatic heterocycles. The van der Waals surface area contributed by atoms with Crippen molar-refractivity contribution in [3.05, 3.63) is 72.8 Å². The van der Waals surface area contributed by atoms with E-state index in [-0.39, 0.29) is 5.82 Å². The van der Waals surface area contributed by atoms with Crippen LogP contribution in [0.1, 0.15) is 0 Å². The van der Waals surface area contributed by atoms with Crippen LogP contribution in [0.25, 0.3) is 0 Å². The molecule has 132 valence electrons. The number of nitrogens with one attached hydrogen (secondary N) is 1. The van der Waals surface area contributed by atoms with Gasteiger partial charge in [-0.15, -0.1) is 0 Å². The molecule has 5 nitrogen and oxygen atoms in total. The standard InChI is InChI=1S/C20H20FN5/c21-16-5-4-6-17(13-16)24-19-14-20(23-15-22-19)26-11-9-25(10-12-26)18-7-2-1-3-8-18/h1-8,13-15H,9-12H2,(H,22,23,24). The fraction of sp³-hybridized carbons (Fsp3) is 0.200. The average Bonchev–Trinajstić information content (AvgIpc) is 2.69. The zero-order valence-corrected chi connectivity index (χ0v) is 14.3. The molecule has 1 aliphatic heterocycles. The Morgan fingerprint density at radius 3 is 2.35 bits per heavy atom. The summed E-state index contributed by atoms with van der Waals surface area (Å²) in [6.07, 6.45) is 1.54. The van der Waals surface area contributed by atoms with Crippen LogP contribution in [-0.2, 0) is 0 Å². The second-order valence-electron chi connectivity index (χ2n) is 6.21. The quantitative estimate of drug-likeness (QED) is 0.778. The molecule has 0 bridgehead atoms. The summed E-state index contributed by atoms with van der Waals surface area (Å²) in [6, 6.07) is 18.7. The molecule has 0 radical (unpaired) electrons. The van der Waals surface area contributed by atoms with Gasteiger partial charge in [0.25, 0.3) is 0 Å². The molecule has 0 saturated carbocycles. The van der Waals surface area contributed by atoms with Crippen molar-refractivity contribution >= 4 is 23.0 Å². The zero-order valence-electron chi connectivity index (χ0n) is 14.3. The summed E-state index contributed by atoms with van der Waals surface area (Å²) in [6.45, 7) is 3.68. The fourth-order valence-electron chi connectivity index (χ4n) is 3.14. The smallest absolute Gasteiger partial charge is 0.135 e. The number of anilines is 4. The topological polar surface area (TPSA) is 44.3 Å². The molecule has 1 N–H and O–H groups in total. The van der Waals surface area contributed by atoms with Crippen LogP contribution in [0.15, 0.2) is 67.0 Å². The highest BCUT2D eigenvalue weighted by molar-refractivity contribution is 5.59. The molecule has 0 atom stereocenters. The van der Waals surface area contributed by atoms with E-state index < -0.39 is 0 Å². The average molecular weight is 349 g/mol. The Balaban J connectivity index is 1.43. The molecule has 2 heterocycles. The monoisotopic (exact) mass is 349 g/mol. The number of piperazine rings is 1. The molecule has 4 rings (SSSR count). The van der Waals surface area contributed by atoms with Crippen LogP contribution < -0.4 is 15.1 Å². The highest BCUT2D eigenvalue weighted by Gasteiger charge is 2.18. The van der Waals surface area contributed by atoms with Crippen LogP contribution in [0.2, 0.25) is 0 Å². The first-order valence-corrected chi connectivity index (χ1v) is 8.67. The van der Waals surface area contributed by atoms with Crippen molar-refractivity contribution in [1.29, 1.82) is 0 Å². The third-order valence-corrected chi connectivity index (χ3v) is 4.47. The maximum Gasteiger partial charge on any atom is 0.135 e. The Hall–Kier alpha value is -3.15. The maximum atomic E-state index is 13.3. The van der Waals surface area contributed by atoms with Crippen molar-refractivity contribution in [3.63, 3.8) is 0 Å². The predicted molar refractivity (Wildman–Crippen MR) is 103 cm³/mol. The lowest BCUT2D eigenvalue weighted by molar-refractivity contribution is 0.628. The Morgan fingerprint density at radius 2 is 1.58 bits per heavy atom. The second-order valence-corrected chi connectivity index (χ2v) is 6.21. The van der Waals surface area contributed by atoms with Gasteiger partial charge in [0.15, 0.2) is 0 Å². The fourth-order valence-corrected chi connectivity index (χ4v) is 3.14. The van der Waals surface area contributed by atoms with Crippen molar-refractivity contribution in [3.8, 4) is 0 Å². The van der Waals surface area contributed by atoms with Gasteiger partial charge in [-0.3, -0.25) is 0 Å². The Bertz CT molecular complexity index is 863. The first kappa shape index (κ1) is 16.3. The van der Waals surface area contributed by atoms with E-state index in [1.807, 2.05) is 18.2 Å². The van der Waals surface area contributed by atoms with Crippen LogP contribution in [0.3, 0.4) is 0 Å². The zero-order chi connectivity index (χ0) is 17.8. The summed E-state index contributed by atoms with van der Waals surface area (Å²) in [5.74, 6) is 1.26. The number of aromatic nitrogens is 2. The molecular weight excluding hydrogens is 329 g/mol. The SMILES string of the molecule is Fc1cccc(Nc2cc(N3CCN(c4ccccc4)CC3)ncn2)c1. The van der Waals surface area contributed by atoms with E-state index in [2.05, 4.69) is 49.4 Å². The number of benzene rings is 2. The van der Waals surface area contributed by atoms with Crippen LogP contribution in [0.4, 0.5) is 27.4 Å². The minimum absolute atomic E-state index is 0.277. The van der Waals surface area contributed by atoms with Crippen molar-refractivity contribution in [1.82, 2.24) is 9.97 Å². The molecule has 1 fully saturated rings. The van der Waals surface area contributed by atoms with Crippen LogP contribution in [0.5, 0.6) is 0 Å². The molecule has 26 heavy (non-hydrogen) atoms. The van der Waals surface area contributed by atoms with E-state index in [0.29, 0.717) is 11.5 Å². The van der Waals surface area contributed by atoms with Crippen LogP contribution in [-0.4, -0.2) is 36.1 Å². The van der Waals surface area contributed by atoms with Gasteiger partial charge in [-0.2, -0.15) is 0 Å². The second kappa shape index (κ2) is 7.39. The molecular formula is C20H20FN5. The van der Waals surface area contributed by atoms with Crippen LogP contribution >= 0.6 is 0 Å². The number of para-hydroxylation sites is 1. The molecule has 0 unspecified atom stereocenters. The van der Waals surface area contributed by atoms with E-state index >= 15 is 0 Å². The van der Waals surface area contributed by atoms with Gasteiger partial charge in [0, 0.05) is 43.6 Å². The Morgan fingerprint density at radius 1 is 0.808 bits per heavy atom. The summed E-state index contributed by atoms with van der Waals surface area (Å²) in [7, 11) is 0. The Kier molecular flexibility index (Phi) is 4.64. The molecule has 3 aromatic rings. The third kappa shape index (κ3) is 3.74. The normalized spacial score (nSPS) is 14.3. The lowest BCUT2D eigenvalue weighted by atomic mass is 10.2. The van der Waals surface area contributed by atoms with Crippen molar-refractivity contribution < 1.29 is 4.39 Å². The predicted octanol–water partition coefficient (Wildman–Crippen LogP) is 3.69. The van der Waals surface area contributed by atoms with E-state index in [9.17, 15) is 4.39 Å². The van der Waals surface area contributed by atoms with Crippen molar-refractivity contribution in [2.24, 2.45) is 0 Å². The molecule has 0 spiro atoms. The first-order chi connectivity index (χ1) is 12.8. The van der Waals surface area contributed by atoms with Gasteiger partial charge in [-0.25, -0.2) is 14.4 Å². The summed E-state index contributed by atoms with van der Waals surface area (Å²) in [4.78, 5) is 13.3. The highest BCUT2D eigenvalue weighted by Crippen LogP contribution is 2.22. The number of rotatable bonds is 4. The summed E-state index contributed by atoms with van der Waals surface area (Å²) in [5, 5.41) is 3.13. The highest BCUT2D eigenvalue weighted by atomic mass is 19.1. The van der Waals surface area contributed by atoms with E-state index in [1.54, 1.807) is 12.4 Å². The van der Waals surface area contributed by atoms with Crippen LogP contribution in [0, 0.1) is 5.82 Å². The Labute approximate surface area is 152 Å². The number of halogens is 1. The first-order valence-electron chi connectivity index (χ1n) is 8.67. The largest absolute Gasteiger partial charge is 0.368 e. The van der Waals surface area contributed by atoms with E-state index in [0.717, 1.165) is 32.0 Å². The summed E-state index contributed by atoms with van der Waals surface area (Å²) in [5.41, 5.74) is 1.92. The summed E-state index contributed by atoms with van der Waals surface area (Å²) < 4.78 is 13.3. The van der Waals surface area contributed by atoms with Gasteiger partial charge < -0.3 is 15.1 Å². The molecule has 6 heteroatoms. The molecule has 0 amide bonds. The lowest BCUT2D eigenvalue weighted by Crippen LogP contribution is -2.46. The molecule has 1 saturated heterocycles. The van der Waals surface area contributed by atoms with E-state index in [1.165, 1.54) is 17.8 Å². The number of hydrogen-bond acceptors (Lipinski definition) is 5. The van der Waals surface area contributed by atoms with E-state index in [4.69, 9.17) is 0 Å². The van der Waals surface area contributed by atoms with Crippen molar-refractivity contribution in [2.75, 3.05) is 41.3 Å². The minimum atomic E-state index is -0.277. The maximum absolute atomic E-state index is 13.3. The number of nitrogens with zero attached hydrogens (tertiary/aromatic N) is 4. The van der Waals surface area contributed by atoms with Crippen molar-refractivity contribution in [2.45, 2.75) is 0 Å². The minimum Gasteiger partial charge on any atom is -0.368 e. The number of hydrogen-bond donors (Lipinski definition) is 1. The molecule has 2 aromatic carbocycles. The lowest BCUT2D eigenvalue weighted by Gasteiger charge is -2.36. The van der Waals surface area contributed by atoms with Gasteiger partial charge in [0.05, 0.1) is 0 Å². The van der Waals surface area contributed by atoms with Gasteiger partial charge in [-0.1, -0.05) is 24.3 Å². The van der Waals surface area contributed by atoms with Gasteiger partial charge in [-0.05, 0) is 30.3 Å². The third-order valence-electron chi connectivity index (χ3n) is 4.47. The van der Waals surface area contributed by atoms with Gasteiger partial charge in [0.1, 0.15) is 23.8 Å². The van der Waals surface area contributed by atoms with Gasteiger partial charge in [0.2, 0.25) is 0 Å². The van der Waals surface area contributed by atoms with Gasteiger partial charge >= 0.3 is 0 Å². The molecule has 1 aliphatic rings. The summed E-state index contributed by atoms with van der Waals surface area (Å²) >= 11 is 0. The molecule has 0 aliphatic carbocycles.